The number of nitrogens with one attached hydrogen (secondary N) is 1. The molecule has 1 aliphatic rings. The van der Waals surface area contributed by atoms with E-state index < -0.39 is 0 Å². The Bertz CT molecular complexity index is 353. The standard InChI is InChI=1S/C13H17NO2/c1-10(15)12-2-4-13(5-3-12)16-9-11-6-7-14-8-11/h2-5,11,14H,6-9H2,1H3/t11-/m0/s1. The molecule has 1 saturated heterocycles. The summed E-state index contributed by atoms with van der Waals surface area (Å²) in [6.07, 6.45) is 1.19. The van der Waals surface area contributed by atoms with Gasteiger partial charge in [0.05, 0.1) is 6.61 Å². The zero-order chi connectivity index (χ0) is 11.4. The third-order valence-electron chi connectivity index (χ3n) is 2.91. The number of hydrogen-bond acceptors (Lipinski definition) is 3. The fourth-order valence-electron chi connectivity index (χ4n) is 1.86. The number of ether oxygens (including phenoxy) is 1. The van der Waals surface area contributed by atoms with E-state index in [0.717, 1.165) is 31.0 Å². The molecule has 0 unspecified atom stereocenters. The number of carbonyl (C=O) groups excluding carboxylic acids is 1. The lowest BCUT2D eigenvalue weighted by molar-refractivity contribution is 0.101. The maximum absolute atomic E-state index is 11.1. The summed E-state index contributed by atoms with van der Waals surface area (Å²) >= 11 is 0. The van der Waals surface area contributed by atoms with E-state index in [-0.39, 0.29) is 5.78 Å². The van der Waals surface area contributed by atoms with Gasteiger partial charge in [-0.1, -0.05) is 0 Å². The van der Waals surface area contributed by atoms with Crippen LogP contribution in [0.4, 0.5) is 0 Å². The van der Waals surface area contributed by atoms with E-state index in [1.807, 2.05) is 24.3 Å². The lowest BCUT2D eigenvalue weighted by atomic mass is 10.1. The van der Waals surface area contributed by atoms with E-state index in [1.165, 1.54) is 6.42 Å². The van der Waals surface area contributed by atoms with Crippen LogP contribution in [-0.2, 0) is 0 Å². The van der Waals surface area contributed by atoms with E-state index in [9.17, 15) is 4.79 Å². The molecule has 1 N–H and O–H groups in total. The summed E-state index contributed by atoms with van der Waals surface area (Å²) in [6.45, 7) is 4.47. The molecule has 0 saturated carbocycles. The molecular formula is C13H17NO2. The number of rotatable bonds is 4. The van der Waals surface area contributed by atoms with Crippen molar-refractivity contribution in [2.75, 3.05) is 19.7 Å². The Morgan fingerprint density at radius 1 is 1.44 bits per heavy atom. The van der Waals surface area contributed by atoms with Crippen LogP contribution in [-0.4, -0.2) is 25.5 Å². The molecule has 0 amide bonds. The quantitative estimate of drug-likeness (QED) is 0.786. The minimum absolute atomic E-state index is 0.0894. The van der Waals surface area contributed by atoms with Gasteiger partial charge < -0.3 is 10.1 Å². The number of hydrogen-bond donors (Lipinski definition) is 1. The van der Waals surface area contributed by atoms with E-state index in [4.69, 9.17) is 4.74 Å². The summed E-state index contributed by atoms with van der Waals surface area (Å²) in [6, 6.07) is 7.34. The van der Waals surface area contributed by atoms with E-state index >= 15 is 0 Å². The maximum Gasteiger partial charge on any atom is 0.159 e. The first-order chi connectivity index (χ1) is 7.75. The van der Waals surface area contributed by atoms with Crippen LogP contribution < -0.4 is 10.1 Å². The third-order valence-corrected chi connectivity index (χ3v) is 2.91. The van der Waals surface area contributed by atoms with Gasteiger partial charge in [0, 0.05) is 18.0 Å². The molecule has 1 heterocycles. The highest BCUT2D eigenvalue weighted by Crippen LogP contribution is 2.15. The number of carbonyl (C=O) groups is 1. The van der Waals surface area contributed by atoms with Gasteiger partial charge in [-0.25, -0.2) is 0 Å². The molecule has 1 atom stereocenters. The first kappa shape index (κ1) is 11.1. The van der Waals surface area contributed by atoms with Gasteiger partial charge in [0.15, 0.2) is 5.78 Å². The maximum atomic E-state index is 11.1. The van der Waals surface area contributed by atoms with E-state index in [1.54, 1.807) is 6.92 Å². The van der Waals surface area contributed by atoms with Gasteiger partial charge in [0.25, 0.3) is 0 Å². The molecule has 1 aromatic rings. The van der Waals surface area contributed by atoms with Crippen molar-refractivity contribution in [3.8, 4) is 5.75 Å². The molecule has 16 heavy (non-hydrogen) atoms. The molecule has 3 nitrogen and oxygen atoms in total. The molecule has 1 fully saturated rings. The zero-order valence-corrected chi connectivity index (χ0v) is 9.53. The SMILES string of the molecule is CC(=O)c1ccc(OC[C@H]2CCNC2)cc1. The molecule has 3 heteroatoms. The highest BCUT2D eigenvalue weighted by molar-refractivity contribution is 5.94. The first-order valence-electron chi connectivity index (χ1n) is 5.70. The van der Waals surface area contributed by atoms with Crippen molar-refractivity contribution in [2.24, 2.45) is 5.92 Å². The van der Waals surface area contributed by atoms with Crippen LogP contribution >= 0.6 is 0 Å². The van der Waals surface area contributed by atoms with Gasteiger partial charge in [0.1, 0.15) is 5.75 Å². The predicted molar refractivity (Wildman–Crippen MR) is 62.9 cm³/mol. The first-order valence-corrected chi connectivity index (χ1v) is 5.70. The third kappa shape index (κ3) is 2.83. The van der Waals surface area contributed by atoms with Gasteiger partial charge in [-0.3, -0.25) is 4.79 Å². The average molecular weight is 219 g/mol. The fourth-order valence-corrected chi connectivity index (χ4v) is 1.86. The second kappa shape index (κ2) is 5.12. The lowest BCUT2D eigenvalue weighted by Crippen LogP contribution is -2.15. The Morgan fingerprint density at radius 3 is 2.75 bits per heavy atom. The average Bonchev–Trinajstić information content (AvgIpc) is 2.80. The van der Waals surface area contributed by atoms with Crippen molar-refractivity contribution in [3.05, 3.63) is 29.8 Å². The smallest absolute Gasteiger partial charge is 0.159 e. The molecular weight excluding hydrogens is 202 g/mol. The predicted octanol–water partition coefficient (Wildman–Crippen LogP) is 1.88. The molecule has 1 aromatic carbocycles. The lowest BCUT2D eigenvalue weighted by Gasteiger charge is -2.10. The Balaban J connectivity index is 1.87. The van der Waals surface area contributed by atoms with Gasteiger partial charge >= 0.3 is 0 Å². The topological polar surface area (TPSA) is 38.3 Å². The monoisotopic (exact) mass is 219 g/mol. The second-order valence-electron chi connectivity index (χ2n) is 4.25. The molecule has 1 aliphatic heterocycles. The summed E-state index contributed by atoms with van der Waals surface area (Å²) in [5.41, 5.74) is 0.731. The van der Waals surface area contributed by atoms with Gasteiger partial charge in [-0.15, -0.1) is 0 Å². The Kier molecular flexibility index (Phi) is 3.57. The summed E-state index contributed by atoms with van der Waals surface area (Å²) in [5, 5.41) is 3.31. The van der Waals surface area contributed by atoms with E-state index in [0.29, 0.717) is 5.92 Å². The van der Waals surface area contributed by atoms with Gasteiger partial charge in [0.2, 0.25) is 0 Å². The van der Waals surface area contributed by atoms with Gasteiger partial charge in [-0.05, 0) is 44.2 Å². The van der Waals surface area contributed by atoms with Crippen LogP contribution in [0.1, 0.15) is 23.7 Å². The minimum Gasteiger partial charge on any atom is -0.493 e. The van der Waals surface area contributed by atoms with Crippen molar-refractivity contribution in [1.29, 1.82) is 0 Å². The number of ketones is 1. The summed E-state index contributed by atoms with van der Waals surface area (Å²) < 4.78 is 5.67. The Labute approximate surface area is 95.8 Å². The number of Topliss-reactive ketones (excluding diaryl/α,β-unsaturated/α-hetero) is 1. The van der Waals surface area contributed by atoms with Gasteiger partial charge in [-0.2, -0.15) is 0 Å². The second-order valence-corrected chi connectivity index (χ2v) is 4.25. The van der Waals surface area contributed by atoms with Crippen LogP contribution in [0, 0.1) is 5.92 Å². The van der Waals surface area contributed by atoms with Crippen LogP contribution in [0.25, 0.3) is 0 Å². The molecule has 86 valence electrons. The van der Waals surface area contributed by atoms with Crippen molar-refractivity contribution >= 4 is 5.78 Å². The molecule has 0 aromatic heterocycles. The summed E-state index contributed by atoms with van der Waals surface area (Å²) in [5.74, 6) is 1.55. The van der Waals surface area contributed by atoms with Crippen LogP contribution in [0.15, 0.2) is 24.3 Å². The zero-order valence-electron chi connectivity index (χ0n) is 9.53. The largest absolute Gasteiger partial charge is 0.493 e. The summed E-state index contributed by atoms with van der Waals surface area (Å²) in [4.78, 5) is 11.1. The fraction of sp³-hybridized carbons (Fsp3) is 0.462. The molecule has 0 spiro atoms. The van der Waals surface area contributed by atoms with E-state index in [2.05, 4.69) is 5.32 Å². The Morgan fingerprint density at radius 2 is 2.19 bits per heavy atom. The van der Waals surface area contributed by atoms with Crippen molar-refractivity contribution in [2.45, 2.75) is 13.3 Å². The van der Waals surface area contributed by atoms with Crippen LogP contribution in [0.3, 0.4) is 0 Å². The molecule has 0 bridgehead atoms. The highest BCUT2D eigenvalue weighted by atomic mass is 16.5. The Hall–Kier alpha value is -1.35. The normalized spacial score (nSPS) is 19.7. The van der Waals surface area contributed by atoms with Crippen molar-refractivity contribution in [1.82, 2.24) is 5.32 Å². The van der Waals surface area contributed by atoms with Crippen molar-refractivity contribution < 1.29 is 9.53 Å². The molecule has 0 radical (unpaired) electrons. The highest BCUT2D eigenvalue weighted by Gasteiger charge is 2.14. The summed E-state index contributed by atoms with van der Waals surface area (Å²) in [7, 11) is 0. The number of benzene rings is 1. The van der Waals surface area contributed by atoms with Crippen molar-refractivity contribution in [3.63, 3.8) is 0 Å². The minimum atomic E-state index is 0.0894. The molecule has 0 aliphatic carbocycles. The molecule has 2 rings (SSSR count). The van der Waals surface area contributed by atoms with Crippen LogP contribution in [0.2, 0.25) is 0 Å². The van der Waals surface area contributed by atoms with Crippen LogP contribution in [0.5, 0.6) is 5.75 Å².